The van der Waals surface area contributed by atoms with E-state index in [9.17, 15) is 9.11 Å². The van der Waals surface area contributed by atoms with Crippen molar-refractivity contribution in [1.29, 1.82) is 0 Å². The molecule has 30 heavy (non-hydrogen) atoms. The fraction of sp³-hybridized carbons (Fsp3) is 0.0833. The van der Waals surface area contributed by atoms with Crippen molar-refractivity contribution in [2.45, 2.75) is 9.79 Å². The Kier molecular flexibility index (Phi) is 5.22. The first-order valence-electron chi connectivity index (χ1n) is 9.30. The highest BCUT2D eigenvalue weighted by atomic mass is 35.5. The van der Waals surface area contributed by atoms with E-state index in [0.717, 1.165) is 52.0 Å². The first-order chi connectivity index (χ1) is 14.5. The Balaban J connectivity index is 2.00. The summed E-state index contributed by atoms with van der Waals surface area (Å²) < 4.78 is 28.0. The lowest BCUT2D eigenvalue weighted by atomic mass is 9.96. The molecule has 5 rings (SSSR count). The minimum absolute atomic E-state index is 0.702. The predicted octanol–water partition coefficient (Wildman–Crippen LogP) is 7.00. The zero-order chi connectivity index (χ0) is 21.0. The number of fused-ring (bicyclic) bond motifs is 4. The molecule has 0 spiro atoms. The number of benzene rings is 4. The van der Waals surface area contributed by atoms with E-state index in [1.165, 1.54) is 0 Å². The van der Waals surface area contributed by atoms with Crippen LogP contribution < -0.4 is 0 Å². The van der Waals surface area contributed by atoms with Gasteiger partial charge in [-0.1, -0.05) is 54.1 Å². The topological polar surface area (TPSA) is 46.1 Å². The second-order valence-electron chi connectivity index (χ2n) is 7.11. The maximum absolute atomic E-state index is 13.0. The standard InChI is InChI=1S/C24H17ClO2S3/c1-29(26)20-13-14-7-3-4-8-15(14)24(30(2)27)22(20)16-9-6-12-19-21(16)17-10-5-11-18(25)23(17)28-19/h3-13H,1-2H3. The Morgan fingerprint density at radius 3 is 2.33 bits per heavy atom. The molecule has 2 unspecified atom stereocenters. The molecule has 0 aliphatic carbocycles. The lowest BCUT2D eigenvalue weighted by Crippen LogP contribution is -2.08. The fourth-order valence-electron chi connectivity index (χ4n) is 4.09. The van der Waals surface area contributed by atoms with Gasteiger partial charge in [-0.15, -0.1) is 11.3 Å². The SMILES string of the molecule is C[S+]([O-])c1cc2ccccc2c([S+](C)[O-])c1-c1cccc2sc3c(Cl)cccc3c12. The van der Waals surface area contributed by atoms with Crippen molar-refractivity contribution in [2.75, 3.05) is 12.5 Å². The van der Waals surface area contributed by atoms with Gasteiger partial charge >= 0.3 is 0 Å². The second kappa shape index (κ2) is 7.75. The molecule has 0 fully saturated rings. The van der Waals surface area contributed by atoms with Crippen LogP contribution in [0.25, 0.3) is 42.1 Å². The van der Waals surface area contributed by atoms with Crippen molar-refractivity contribution in [1.82, 2.24) is 0 Å². The summed E-state index contributed by atoms with van der Waals surface area (Å²) in [7, 11) is 0. The molecule has 1 heterocycles. The highest BCUT2D eigenvalue weighted by Crippen LogP contribution is 2.46. The molecule has 150 valence electrons. The van der Waals surface area contributed by atoms with Gasteiger partial charge in [-0.2, -0.15) is 0 Å². The first kappa shape index (κ1) is 20.2. The minimum atomic E-state index is -1.27. The zero-order valence-corrected chi connectivity index (χ0v) is 19.5. The quantitative estimate of drug-likeness (QED) is 0.267. The molecule has 2 nitrogen and oxygen atoms in total. The Morgan fingerprint density at radius 1 is 0.833 bits per heavy atom. The monoisotopic (exact) mass is 468 g/mol. The normalized spacial score (nSPS) is 13.9. The minimum Gasteiger partial charge on any atom is -0.612 e. The van der Waals surface area contributed by atoms with Crippen molar-refractivity contribution < 1.29 is 9.11 Å². The van der Waals surface area contributed by atoms with Gasteiger partial charge < -0.3 is 9.11 Å². The van der Waals surface area contributed by atoms with E-state index < -0.39 is 22.4 Å². The van der Waals surface area contributed by atoms with Gasteiger partial charge in [0.15, 0.2) is 9.79 Å². The molecule has 0 N–H and O–H groups in total. The number of rotatable bonds is 3. The predicted molar refractivity (Wildman–Crippen MR) is 132 cm³/mol. The van der Waals surface area contributed by atoms with Crippen LogP contribution in [0.4, 0.5) is 0 Å². The third kappa shape index (κ3) is 3.12. The van der Waals surface area contributed by atoms with E-state index in [0.29, 0.717) is 4.90 Å². The largest absolute Gasteiger partial charge is 0.612 e. The Hall–Kier alpha value is -1.73. The highest BCUT2D eigenvalue weighted by Gasteiger charge is 2.28. The lowest BCUT2D eigenvalue weighted by Gasteiger charge is -2.18. The van der Waals surface area contributed by atoms with Crippen LogP contribution >= 0.6 is 22.9 Å². The molecule has 0 saturated carbocycles. The van der Waals surface area contributed by atoms with Crippen molar-refractivity contribution in [2.24, 2.45) is 0 Å². The smallest absolute Gasteiger partial charge is 0.173 e. The molecular formula is C24H17ClO2S3. The highest BCUT2D eigenvalue weighted by molar-refractivity contribution is 7.92. The van der Waals surface area contributed by atoms with Gasteiger partial charge in [0, 0.05) is 32.5 Å². The van der Waals surface area contributed by atoms with Gasteiger partial charge in [0.25, 0.3) is 0 Å². The molecule has 0 bridgehead atoms. The third-order valence-electron chi connectivity index (χ3n) is 5.31. The van der Waals surface area contributed by atoms with Crippen LogP contribution in [0.5, 0.6) is 0 Å². The van der Waals surface area contributed by atoms with Crippen LogP contribution in [0, 0.1) is 0 Å². The third-order valence-corrected chi connectivity index (χ3v) is 8.88. The maximum atomic E-state index is 13.0. The molecule has 0 amide bonds. The van der Waals surface area contributed by atoms with Crippen molar-refractivity contribution in [3.8, 4) is 11.1 Å². The number of halogens is 1. The second-order valence-corrected chi connectivity index (χ2v) is 11.2. The summed E-state index contributed by atoms with van der Waals surface area (Å²) in [5, 5.41) is 4.72. The molecular weight excluding hydrogens is 452 g/mol. The molecule has 0 saturated heterocycles. The van der Waals surface area contributed by atoms with Crippen LogP contribution in [0.1, 0.15) is 0 Å². The Bertz CT molecular complexity index is 1420. The van der Waals surface area contributed by atoms with Crippen LogP contribution in [-0.2, 0) is 22.4 Å². The van der Waals surface area contributed by atoms with E-state index in [2.05, 4.69) is 12.1 Å². The first-order valence-corrected chi connectivity index (χ1v) is 13.6. The summed E-state index contributed by atoms with van der Waals surface area (Å²) in [6.07, 6.45) is 3.37. The average molecular weight is 469 g/mol. The van der Waals surface area contributed by atoms with Gasteiger partial charge in [-0.25, -0.2) is 0 Å². The molecule has 6 heteroatoms. The zero-order valence-electron chi connectivity index (χ0n) is 16.3. The molecule has 2 atom stereocenters. The van der Waals surface area contributed by atoms with Crippen molar-refractivity contribution in [3.05, 3.63) is 71.8 Å². The lowest BCUT2D eigenvalue weighted by molar-refractivity contribution is 0.599. The number of hydrogen-bond acceptors (Lipinski definition) is 3. The summed E-state index contributed by atoms with van der Waals surface area (Å²) in [5.41, 5.74) is 1.75. The van der Waals surface area contributed by atoms with Gasteiger partial charge in [0.2, 0.25) is 0 Å². The maximum Gasteiger partial charge on any atom is 0.173 e. The van der Waals surface area contributed by atoms with E-state index in [1.54, 1.807) is 23.8 Å². The van der Waals surface area contributed by atoms with Crippen molar-refractivity contribution in [3.63, 3.8) is 0 Å². The molecule has 5 aromatic rings. The fourth-order valence-corrected chi connectivity index (χ4v) is 7.38. The molecule has 0 aliphatic heterocycles. The summed E-state index contributed by atoms with van der Waals surface area (Å²) in [6.45, 7) is 0. The van der Waals surface area contributed by atoms with E-state index >= 15 is 0 Å². The number of thiophene rings is 1. The van der Waals surface area contributed by atoms with Crippen LogP contribution in [0.15, 0.2) is 76.5 Å². The molecule has 4 aromatic carbocycles. The van der Waals surface area contributed by atoms with E-state index in [4.69, 9.17) is 11.6 Å². The average Bonchev–Trinajstić information content (AvgIpc) is 3.12. The Labute approximate surface area is 189 Å². The summed E-state index contributed by atoms with van der Waals surface area (Å²) in [4.78, 5) is 1.43. The van der Waals surface area contributed by atoms with Gasteiger partial charge in [0.05, 0.1) is 15.3 Å². The molecule has 0 aliphatic rings. The molecule has 0 radical (unpaired) electrons. The summed E-state index contributed by atoms with van der Waals surface area (Å²) in [6, 6.07) is 21.9. The van der Waals surface area contributed by atoms with Gasteiger partial charge in [-0.05, 0) is 45.9 Å². The van der Waals surface area contributed by atoms with Crippen LogP contribution in [0.3, 0.4) is 0 Å². The molecule has 1 aromatic heterocycles. The van der Waals surface area contributed by atoms with Crippen molar-refractivity contribution >= 4 is 76.2 Å². The van der Waals surface area contributed by atoms with Gasteiger partial charge in [0.1, 0.15) is 12.5 Å². The summed E-state index contributed by atoms with van der Waals surface area (Å²) >= 11 is 5.61. The van der Waals surface area contributed by atoms with E-state index in [-0.39, 0.29) is 0 Å². The van der Waals surface area contributed by atoms with Gasteiger partial charge in [-0.3, -0.25) is 0 Å². The van der Waals surface area contributed by atoms with Crippen LogP contribution in [-0.4, -0.2) is 21.6 Å². The van der Waals surface area contributed by atoms with Crippen LogP contribution in [0.2, 0.25) is 5.02 Å². The summed E-state index contributed by atoms with van der Waals surface area (Å²) in [5.74, 6) is 0. The van der Waals surface area contributed by atoms with E-state index in [1.807, 2.05) is 54.6 Å². The Morgan fingerprint density at radius 2 is 1.57 bits per heavy atom. The number of hydrogen-bond donors (Lipinski definition) is 0.